The molecule has 1 aromatic heterocycles. The first-order valence-corrected chi connectivity index (χ1v) is 5.34. The summed E-state index contributed by atoms with van der Waals surface area (Å²) < 4.78 is 4.73. The van der Waals surface area contributed by atoms with Crippen molar-refractivity contribution in [2.75, 3.05) is 6.61 Å². The first kappa shape index (κ1) is 13.2. The molecule has 0 fully saturated rings. The van der Waals surface area contributed by atoms with E-state index in [1.807, 2.05) is 13.0 Å². The van der Waals surface area contributed by atoms with Gasteiger partial charge in [-0.3, -0.25) is 14.6 Å². The van der Waals surface area contributed by atoms with Crippen LogP contribution in [0.25, 0.3) is 0 Å². The van der Waals surface area contributed by atoms with Crippen LogP contribution in [-0.4, -0.2) is 28.6 Å². The van der Waals surface area contributed by atoms with Crippen molar-refractivity contribution < 1.29 is 19.4 Å². The molecule has 92 valence electrons. The predicted molar refractivity (Wildman–Crippen MR) is 60.4 cm³/mol. The summed E-state index contributed by atoms with van der Waals surface area (Å²) >= 11 is 0. The third kappa shape index (κ3) is 3.86. The summed E-state index contributed by atoms with van der Waals surface area (Å²) in [6.07, 6.45) is 3.33. The number of carboxylic acids is 1. The van der Waals surface area contributed by atoms with Gasteiger partial charge in [0.2, 0.25) is 0 Å². The molecule has 0 saturated carbocycles. The predicted octanol–water partition coefficient (Wildman–Crippen LogP) is 1.20. The molecule has 0 aromatic carbocycles. The normalized spacial score (nSPS) is 11.9. The zero-order valence-corrected chi connectivity index (χ0v) is 9.84. The highest BCUT2D eigenvalue weighted by molar-refractivity contribution is 5.94. The lowest BCUT2D eigenvalue weighted by Gasteiger charge is -2.11. The number of nitrogens with zero attached hydrogens (tertiary/aromatic N) is 1. The minimum absolute atomic E-state index is 0.100. The number of carboxylic acid groups (broad SMARTS) is 1. The first-order valence-electron chi connectivity index (χ1n) is 5.34. The van der Waals surface area contributed by atoms with Crippen LogP contribution in [0.15, 0.2) is 18.5 Å². The summed E-state index contributed by atoms with van der Waals surface area (Å²) in [6, 6.07) is 1.81. The van der Waals surface area contributed by atoms with Crippen molar-refractivity contribution in [2.45, 2.75) is 20.3 Å². The van der Waals surface area contributed by atoms with Crippen molar-refractivity contribution in [1.82, 2.24) is 4.98 Å². The summed E-state index contributed by atoms with van der Waals surface area (Å²) in [7, 11) is 0. The number of rotatable bonds is 5. The maximum absolute atomic E-state index is 11.5. The molecular formula is C12H15NO4. The molecule has 0 spiro atoms. The van der Waals surface area contributed by atoms with Gasteiger partial charge in [-0.15, -0.1) is 0 Å². The van der Waals surface area contributed by atoms with Crippen LogP contribution >= 0.6 is 0 Å². The van der Waals surface area contributed by atoms with Crippen LogP contribution in [0.1, 0.15) is 18.1 Å². The summed E-state index contributed by atoms with van der Waals surface area (Å²) in [5.74, 6) is -3.05. The molecule has 0 radical (unpaired) electrons. The second-order valence-electron chi connectivity index (χ2n) is 3.72. The number of aromatic nitrogens is 1. The third-order valence-corrected chi connectivity index (χ3v) is 2.24. The number of hydrogen-bond donors (Lipinski definition) is 1. The summed E-state index contributed by atoms with van der Waals surface area (Å²) in [4.78, 5) is 26.4. The SMILES string of the molecule is CCOC(=O)C(Cc1cncc(C)c1)C(=O)O. The van der Waals surface area contributed by atoms with E-state index >= 15 is 0 Å². The number of aliphatic carboxylic acids is 1. The Morgan fingerprint density at radius 2 is 2.18 bits per heavy atom. The van der Waals surface area contributed by atoms with E-state index in [4.69, 9.17) is 9.84 Å². The molecule has 1 heterocycles. The topological polar surface area (TPSA) is 76.5 Å². The van der Waals surface area contributed by atoms with E-state index in [1.54, 1.807) is 19.3 Å². The van der Waals surface area contributed by atoms with E-state index in [0.717, 1.165) is 5.56 Å². The van der Waals surface area contributed by atoms with Crippen molar-refractivity contribution in [3.63, 3.8) is 0 Å². The van der Waals surface area contributed by atoms with Crippen LogP contribution in [0.3, 0.4) is 0 Å². The molecule has 1 atom stereocenters. The lowest BCUT2D eigenvalue weighted by molar-refractivity contribution is -0.158. The van der Waals surface area contributed by atoms with E-state index in [1.165, 1.54) is 0 Å². The van der Waals surface area contributed by atoms with Crippen LogP contribution < -0.4 is 0 Å². The molecule has 0 aliphatic carbocycles. The minimum atomic E-state index is -1.18. The van der Waals surface area contributed by atoms with Crippen molar-refractivity contribution >= 4 is 11.9 Å². The fourth-order valence-electron chi connectivity index (χ4n) is 1.48. The number of esters is 1. The average Bonchev–Trinajstić information content (AvgIpc) is 2.26. The van der Waals surface area contributed by atoms with Gasteiger partial charge in [-0.25, -0.2) is 0 Å². The summed E-state index contributed by atoms with van der Waals surface area (Å²) in [5.41, 5.74) is 1.64. The monoisotopic (exact) mass is 237 g/mol. The molecule has 1 N–H and O–H groups in total. The lowest BCUT2D eigenvalue weighted by Crippen LogP contribution is -2.28. The molecule has 0 saturated heterocycles. The molecule has 0 amide bonds. The van der Waals surface area contributed by atoms with Crippen LogP contribution in [0.2, 0.25) is 0 Å². The Hall–Kier alpha value is -1.91. The minimum Gasteiger partial charge on any atom is -0.481 e. The van der Waals surface area contributed by atoms with E-state index in [9.17, 15) is 9.59 Å². The second kappa shape index (κ2) is 5.98. The first-order chi connectivity index (χ1) is 8.04. The van der Waals surface area contributed by atoms with Gasteiger partial charge >= 0.3 is 11.9 Å². The van der Waals surface area contributed by atoms with Crippen molar-refractivity contribution in [3.8, 4) is 0 Å². The average molecular weight is 237 g/mol. The number of aryl methyl sites for hydroxylation is 1. The zero-order valence-electron chi connectivity index (χ0n) is 9.84. The molecule has 0 aliphatic rings. The van der Waals surface area contributed by atoms with Crippen LogP contribution in [0.4, 0.5) is 0 Å². The molecular weight excluding hydrogens is 222 g/mol. The highest BCUT2D eigenvalue weighted by Gasteiger charge is 2.27. The second-order valence-corrected chi connectivity index (χ2v) is 3.72. The fraction of sp³-hybridized carbons (Fsp3) is 0.417. The standard InChI is InChI=1S/C12H15NO4/c1-3-17-12(16)10(11(14)15)5-9-4-8(2)6-13-7-9/h4,6-7,10H,3,5H2,1-2H3,(H,14,15). The van der Waals surface area contributed by atoms with Gasteiger partial charge < -0.3 is 9.84 Å². The van der Waals surface area contributed by atoms with Gasteiger partial charge in [-0.1, -0.05) is 6.07 Å². The van der Waals surface area contributed by atoms with Gasteiger partial charge in [0.15, 0.2) is 5.92 Å². The van der Waals surface area contributed by atoms with E-state index in [0.29, 0.717) is 5.56 Å². The number of carbonyl (C=O) groups excluding carboxylic acids is 1. The van der Waals surface area contributed by atoms with Crippen LogP contribution in [-0.2, 0) is 20.7 Å². The largest absolute Gasteiger partial charge is 0.481 e. The van der Waals surface area contributed by atoms with Gasteiger partial charge in [0.05, 0.1) is 6.61 Å². The third-order valence-electron chi connectivity index (χ3n) is 2.24. The molecule has 1 aromatic rings. The summed E-state index contributed by atoms with van der Waals surface area (Å²) in [5, 5.41) is 8.98. The lowest BCUT2D eigenvalue weighted by atomic mass is 10.00. The molecule has 5 heteroatoms. The molecule has 17 heavy (non-hydrogen) atoms. The van der Waals surface area contributed by atoms with Crippen LogP contribution in [0.5, 0.6) is 0 Å². The quantitative estimate of drug-likeness (QED) is 0.615. The van der Waals surface area contributed by atoms with Gasteiger partial charge in [-0.2, -0.15) is 0 Å². The Morgan fingerprint density at radius 1 is 1.47 bits per heavy atom. The maximum Gasteiger partial charge on any atom is 0.320 e. The van der Waals surface area contributed by atoms with Crippen molar-refractivity contribution in [1.29, 1.82) is 0 Å². The number of carbonyl (C=O) groups is 2. The highest BCUT2D eigenvalue weighted by Crippen LogP contribution is 2.11. The van der Waals surface area contributed by atoms with Crippen LogP contribution in [0, 0.1) is 12.8 Å². The molecule has 1 unspecified atom stereocenters. The van der Waals surface area contributed by atoms with E-state index < -0.39 is 17.9 Å². The van der Waals surface area contributed by atoms with Gasteiger partial charge in [0.25, 0.3) is 0 Å². The smallest absolute Gasteiger partial charge is 0.320 e. The molecule has 5 nitrogen and oxygen atoms in total. The molecule has 0 bridgehead atoms. The molecule has 1 rings (SSSR count). The van der Waals surface area contributed by atoms with E-state index in [2.05, 4.69) is 4.98 Å². The Labute approximate surface area is 99.4 Å². The number of hydrogen-bond acceptors (Lipinski definition) is 4. The Morgan fingerprint density at radius 3 is 2.71 bits per heavy atom. The number of ether oxygens (including phenoxy) is 1. The van der Waals surface area contributed by atoms with Crippen molar-refractivity contribution in [3.05, 3.63) is 29.6 Å². The van der Waals surface area contributed by atoms with E-state index in [-0.39, 0.29) is 13.0 Å². The van der Waals surface area contributed by atoms with Gasteiger partial charge in [0.1, 0.15) is 0 Å². The zero-order chi connectivity index (χ0) is 12.8. The Bertz CT molecular complexity index is 417. The Balaban J connectivity index is 2.80. The van der Waals surface area contributed by atoms with Gasteiger partial charge in [0, 0.05) is 12.4 Å². The highest BCUT2D eigenvalue weighted by atomic mass is 16.5. The summed E-state index contributed by atoms with van der Waals surface area (Å²) in [6.45, 7) is 3.68. The fourth-order valence-corrected chi connectivity index (χ4v) is 1.48. The van der Waals surface area contributed by atoms with Crippen molar-refractivity contribution in [2.24, 2.45) is 5.92 Å². The maximum atomic E-state index is 11.5. The Kier molecular flexibility index (Phi) is 4.63. The van der Waals surface area contributed by atoms with Gasteiger partial charge in [-0.05, 0) is 31.4 Å². The molecule has 0 aliphatic heterocycles. The number of pyridine rings is 1.